The minimum atomic E-state index is -0.881. The number of hydrogen-bond donors (Lipinski definition) is 2. The molecule has 0 saturated heterocycles. The van der Waals surface area contributed by atoms with Crippen molar-refractivity contribution < 1.29 is 19.1 Å². The smallest absolute Gasteiger partial charge is 0.408 e. The maximum absolute atomic E-state index is 13.6. The fraction of sp³-hybridized carbons (Fsp3) is 0.219. The number of nitrogens with one attached hydrogen (secondary N) is 2. The Morgan fingerprint density at radius 2 is 1.46 bits per heavy atom. The van der Waals surface area contributed by atoms with E-state index in [0.717, 1.165) is 22.3 Å². The standard InChI is InChI=1S/C32H33N3O4/c1-32(2,3)39-31(37)35-28(20-23-10-6-4-7-11-23)30(36)34-27-21-26(25-16-18-33-19-17-25)14-15-29(27)38-22-24-12-8-5-9-13-24/h4-19,21,28H,20,22H2,1-3H3,(H,34,36)(H,35,37)/t28-/m0/s1. The van der Waals surface area contributed by atoms with Crippen molar-refractivity contribution in [2.75, 3.05) is 5.32 Å². The topological polar surface area (TPSA) is 89.5 Å². The van der Waals surface area contributed by atoms with Crippen molar-refractivity contribution in [2.45, 2.75) is 45.4 Å². The van der Waals surface area contributed by atoms with E-state index in [1.807, 2.05) is 91.0 Å². The molecule has 2 N–H and O–H groups in total. The van der Waals surface area contributed by atoms with Crippen molar-refractivity contribution in [3.05, 3.63) is 115 Å². The van der Waals surface area contributed by atoms with Crippen LogP contribution in [0.25, 0.3) is 11.1 Å². The summed E-state index contributed by atoms with van der Waals surface area (Å²) in [5, 5.41) is 5.74. The van der Waals surface area contributed by atoms with E-state index in [-0.39, 0.29) is 12.3 Å². The number of hydrogen-bond acceptors (Lipinski definition) is 5. The zero-order valence-corrected chi connectivity index (χ0v) is 22.4. The molecule has 7 heteroatoms. The second kappa shape index (κ2) is 12.7. The third kappa shape index (κ3) is 8.43. The van der Waals surface area contributed by atoms with Crippen LogP contribution in [0.3, 0.4) is 0 Å². The number of anilines is 1. The molecule has 39 heavy (non-hydrogen) atoms. The fourth-order valence-electron chi connectivity index (χ4n) is 3.94. The fourth-order valence-corrected chi connectivity index (χ4v) is 3.94. The summed E-state index contributed by atoms with van der Waals surface area (Å²) in [6, 6.07) is 27.9. The van der Waals surface area contributed by atoms with Gasteiger partial charge in [-0.1, -0.05) is 66.7 Å². The van der Waals surface area contributed by atoms with E-state index in [2.05, 4.69) is 15.6 Å². The van der Waals surface area contributed by atoms with E-state index in [1.54, 1.807) is 33.2 Å². The first kappa shape index (κ1) is 27.4. The number of aromatic nitrogens is 1. The van der Waals surface area contributed by atoms with Gasteiger partial charge in [-0.3, -0.25) is 9.78 Å². The third-order valence-corrected chi connectivity index (χ3v) is 5.78. The quantitative estimate of drug-likeness (QED) is 0.265. The Kier molecular flexibility index (Phi) is 8.94. The molecular formula is C32H33N3O4. The molecule has 200 valence electrons. The van der Waals surface area contributed by atoms with Crippen LogP contribution in [0.2, 0.25) is 0 Å². The van der Waals surface area contributed by atoms with Crippen LogP contribution in [0.4, 0.5) is 10.5 Å². The molecule has 0 saturated carbocycles. The second-order valence-electron chi connectivity index (χ2n) is 10.1. The zero-order valence-electron chi connectivity index (χ0n) is 22.4. The molecule has 0 bridgehead atoms. The van der Waals surface area contributed by atoms with Crippen molar-refractivity contribution in [3.63, 3.8) is 0 Å². The van der Waals surface area contributed by atoms with Gasteiger partial charge in [0.1, 0.15) is 24.0 Å². The minimum Gasteiger partial charge on any atom is -0.487 e. The summed E-state index contributed by atoms with van der Waals surface area (Å²) >= 11 is 0. The summed E-state index contributed by atoms with van der Waals surface area (Å²) in [7, 11) is 0. The highest BCUT2D eigenvalue weighted by Crippen LogP contribution is 2.31. The first-order valence-electron chi connectivity index (χ1n) is 12.8. The van der Waals surface area contributed by atoms with Crippen molar-refractivity contribution in [2.24, 2.45) is 0 Å². The molecule has 0 aliphatic heterocycles. The van der Waals surface area contributed by atoms with Gasteiger partial charge in [0.05, 0.1) is 5.69 Å². The molecule has 0 spiro atoms. The van der Waals surface area contributed by atoms with Crippen LogP contribution in [-0.4, -0.2) is 28.6 Å². The molecule has 7 nitrogen and oxygen atoms in total. The van der Waals surface area contributed by atoms with Crippen LogP contribution in [0, 0.1) is 0 Å². The molecular weight excluding hydrogens is 490 g/mol. The summed E-state index contributed by atoms with van der Waals surface area (Å²) in [5.41, 5.74) is 3.53. The van der Waals surface area contributed by atoms with E-state index in [1.165, 1.54) is 0 Å². The number of amides is 2. The lowest BCUT2D eigenvalue weighted by molar-refractivity contribution is -0.118. The molecule has 1 atom stereocenters. The van der Waals surface area contributed by atoms with Gasteiger partial charge in [0.15, 0.2) is 0 Å². The van der Waals surface area contributed by atoms with Crippen molar-refractivity contribution in [1.82, 2.24) is 10.3 Å². The van der Waals surface area contributed by atoms with Crippen LogP contribution >= 0.6 is 0 Å². The highest BCUT2D eigenvalue weighted by Gasteiger charge is 2.26. The number of carbonyl (C=O) groups is 2. The van der Waals surface area contributed by atoms with Crippen molar-refractivity contribution in [1.29, 1.82) is 0 Å². The van der Waals surface area contributed by atoms with Gasteiger partial charge in [-0.25, -0.2) is 4.79 Å². The molecule has 4 aromatic rings. The number of nitrogens with zero attached hydrogens (tertiary/aromatic N) is 1. The summed E-state index contributed by atoms with van der Waals surface area (Å²) in [4.78, 5) is 30.4. The predicted molar refractivity (Wildman–Crippen MR) is 152 cm³/mol. The maximum Gasteiger partial charge on any atom is 0.408 e. The molecule has 2 amide bonds. The molecule has 0 radical (unpaired) electrons. The van der Waals surface area contributed by atoms with Crippen molar-refractivity contribution in [3.8, 4) is 16.9 Å². The normalized spacial score (nSPS) is 11.8. The van der Waals surface area contributed by atoms with Gasteiger partial charge in [0.2, 0.25) is 5.91 Å². The number of pyridine rings is 1. The van der Waals surface area contributed by atoms with Gasteiger partial charge in [0, 0.05) is 18.8 Å². The average molecular weight is 524 g/mol. The number of carbonyl (C=O) groups excluding carboxylic acids is 2. The lowest BCUT2D eigenvalue weighted by Crippen LogP contribution is -2.47. The van der Waals surface area contributed by atoms with E-state index >= 15 is 0 Å². The Bertz CT molecular complexity index is 1370. The minimum absolute atomic E-state index is 0.288. The molecule has 3 aromatic carbocycles. The molecule has 0 unspecified atom stereocenters. The summed E-state index contributed by atoms with van der Waals surface area (Å²) in [5.74, 6) is 0.127. The van der Waals surface area contributed by atoms with Crippen LogP contribution in [-0.2, 0) is 22.6 Å². The lowest BCUT2D eigenvalue weighted by atomic mass is 10.0. The number of alkyl carbamates (subject to hydrolysis) is 1. The van der Waals surface area contributed by atoms with Crippen molar-refractivity contribution >= 4 is 17.7 Å². The van der Waals surface area contributed by atoms with Crippen LogP contribution < -0.4 is 15.4 Å². The molecule has 0 aliphatic carbocycles. The summed E-state index contributed by atoms with van der Waals surface area (Å²) in [6.45, 7) is 5.67. The van der Waals surface area contributed by atoms with Gasteiger partial charge < -0.3 is 20.1 Å². The molecule has 0 fully saturated rings. The van der Waals surface area contributed by atoms with Gasteiger partial charge >= 0.3 is 6.09 Å². The van der Waals surface area contributed by atoms with Crippen LogP contribution in [0.5, 0.6) is 5.75 Å². The highest BCUT2D eigenvalue weighted by molar-refractivity contribution is 5.98. The SMILES string of the molecule is CC(C)(C)OC(=O)N[C@@H](Cc1ccccc1)C(=O)Nc1cc(-c2ccncc2)ccc1OCc1ccccc1. The van der Waals surface area contributed by atoms with E-state index in [0.29, 0.717) is 18.0 Å². The highest BCUT2D eigenvalue weighted by atomic mass is 16.6. The Morgan fingerprint density at radius 3 is 2.10 bits per heavy atom. The summed E-state index contributed by atoms with van der Waals surface area (Å²) < 4.78 is 11.6. The number of benzene rings is 3. The third-order valence-electron chi connectivity index (χ3n) is 5.78. The van der Waals surface area contributed by atoms with E-state index in [9.17, 15) is 9.59 Å². The van der Waals surface area contributed by atoms with Gasteiger partial charge in [-0.05, 0) is 67.3 Å². The second-order valence-corrected chi connectivity index (χ2v) is 10.1. The monoisotopic (exact) mass is 523 g/mol. The Balaban J connectivity index is 1.61. The Labute approximate surface area is 229 Å². The zero-order chi connectivity index (χ0) is 27.7. The molecule has 4 rings (SSSR count). The van der Waals surface area contributed by atoms with E-state index < -0.39 is 17.7 Å². The maximum atomic E-state index is 13.6. The number of rotatable bonds is 9. The first-order chi connectivity index (χ1) is 18.8. The van der Waals surface area contributed by atoms with Crippen LogP contribution in [0.1, 0.15) is 31.9 Å². The largest absolute Gasteiger partial charge is 0.487 e. The molecule has 1 aromatic heterocycles. The molecule has 1 heterocycles. The van der Waals surface area contributed by atoms with Crippen LogP contribution in [0.15, 0.2) is 103 Å². The van der Waals surface area contributed by atoms with Gasteiger partial charge in [0.25, 0.3) is 0 Å². The van der Waals surface area contributed by atoms with Gasteiger partial charge in [-0.15, -0.1) is 0 Å². The Morgan fingerprint density at radius 1 is 0.821 bits per heavy atom. The lowest BCUT2D eigenvalue weighted by Gasteiger charge is -2.24. The molecule has 0 aliphatic rings. The van der Waals surface area contributed by atoms with E-state index in [4.69, 9.17) is 9.47 Å². The first-order valence-corrected chi connectivity index (χ1v) is 12.8. The Hall–Kier alpha value is -4.65. The van der Waals surface area contributed by atoms with Gasteiger partial charge in [-0.2, -0.15) is 0 Å². The predicted octanol–water partition coefficient (Wildman–Crippen LogP) is 6.40. The average Bonchev–Trinajstić information content (AvgIpc) is 2.92. The summed E-state index contributed by atoms with van der Waals surface area (Å²) in [6.07, 6.45) is 3.06. The number of ether oxygens (including phenoxy) is 2.